The molecule has 0 spiro atoms. The molecular weight excluding hydrogens is 335 g/mol. The molecule has 1 aromatic carbocycles. The Morgan fingerprint density at radius 2 is 1.90 bits per heavy atom. The van der Waals surface area contributed by atoms with E-state index in [-0.39, 0.29) is 32.3 Å². The number of primary sulfonamides is 1. The van der Waals surface area contributed by atoms with Gasteiger partial charge in [0.2, 0.25) is 10.0 Å². The third-order valence-corrected chi connectivity index (χ3v) is 4.65. The molecular formula is C13H18Cl2N2O3S. The van der Waals surface area contributed by atoms with Gasteiger partial charge in [0.1, 0.15) is 4.90 Å². The van der Waals surface area contributed by atoms with Gasteiger partial charge in [-0.15, -0.1) is 0 Å². The molecule has 118 valence electrons. The number of sulfonamides is 1. The Morgan fingerprint density at radius 3 is 2.33 bits per heavy atom. The molecule has 1 aromatic rings. The van der Waals surface area contributed by atoms with Crippen LogP contribution in [0.15, 0.2) is 17.0 Å². The maximum atomic E-state index is 12.4. The molecule has 0 fully saturated rings. The minimum Gasteiger partial charge on any atom is -0.339 e. The van der Waals surface area contributed by atoms with Crippen LogP contribution in [0, 0.1) is 5.92 Å². The monoisotopic (exact) mass is 352 g/mol. The third kappa shape index (κ3) is 4.57. The van der Waals surface area contributed by atoms with Crippen molar-refractivity contribution in [3.8, 4) is 0 Å². The van der Waals surface area contributed by atoms with Gasteiger partial charge in [0, 0.05) is 18.7 Å². The van der Waals surface area contributed by atoms with Gasteiger partial charge in [0.15, 0.2) is 0 Å². The molecule has 0 aliphatic carbocycles. The highest BCUT2D eigenvalue weighted by molar-refractivity contribution is 7.89. The van der Waals surface area contributed by atoms with Crippen LogP contribution in [0.2, 0.25) is 10.0 Å². The number of halogens is 2. The van der Waals surface area contributed by atoms with Crippen LogP contribution >= 0.6 is 23.2 Å². The number of rotatable bonds is 5. The second-order valence-corrected chi connectivity index (χ2v) is 7.37. The Bertz CT molecular complexity index is 645. The highest BCUT2D eigenvalue weighted by Crippen LogP contribution is 2.30. The van der Waals surface area contributed by atoms with Crippen molar-refractivity contribution in [2.75, 3.05) is 13.1 Å². The molecule has 0 atom stereocenters. The van der Waals surface area contributed by atoms with Crippen LogP contribution in [-0.2, 0) is 10.0 Å². The third-order valence-electron chi connectivity index (χ3n) is 2.80. The summed E-state index contributed by atoms with van der Waals surface area (Å²) in [6, 6.07) is 2.51. The molecule has 21 heavy (non-hydrogen) atoms. The van der Waals surface area contributed by atoms with Crippen LogP contribution in [0.25, 0.3) is 0 Å². The zero-order valence-corrected chi connectivity index (χ0v) is 14.4. The molecule has 0 unspecified atom stereocenters. The summed E-state index contributed by atoms with van der Waals surface area (Å²) in [5, 5.41) is 4.89. The van der Waals surface area contributed by atoms with Crippen LogP contribution in [0.3, 0.4) is 0 Å². The van der Waals surface area contributed by atoms with Crippen LogP contribution < -0.4 is 5.14 Å². The fraction of sp³-hybridized carbons (Fsp3) is 0.462. The molecule has 0 heterocycles. The van der Waals surface area contributed by atoms with Crippen molar-refractivity contribution in [3.63, 3.8) is 0 Å². The van der Waals surface area contributed by atoms with Crippen molar-refractivity contribution in [3.05, 3.63) is 27.7 Å². The number of carbonyl (C=O) groups excluding carboxylic acids is 1. The van der Waals surface area contributed by atoms with Crippen molar-refractivity contribution in [2.45, 2.75) is 25.7 Å². The topological polar surface area (TPSA) is 80.5 Å². The zero-order chi connectivity index (χ0) is 16.4. The number of hydrogen-bond donors (Lipinski definition) is 1. The Hall–Kier alpha value is -0.820. The van der Waals surface area contributed by atoms with Gasteiger partial charge in [0.25, 0.3) is 5.91 Å². The SMILES string of the molecule is CCN(CC(C)C)C(=O)c1cc(Cl)c(Cl)c(S(N)(=O)=O)c1. The van der Waals surface area contributed by atoms with E-state index in [9.17, 15) is 13.2 Å². The maximum absolute atomic E-state index is 12.4. The van der Waals surface area contributed by atoms with E-state index in [0.717, 1.165) is 6.07 Å². The van der Waals surface area contributed by atoms with E-state index in [1.807, 2.05) is 20.8 Å². The second kappa shape index (κ2) is 6.96. The number of carbonyl (C=O) groups is 1. The van der Waals surface area contributed by atoms with Gasteiger partial charge in [-0.1, -0.05) is 37.0 Å². The first-order chi connectivity index (χ1) is 9.57. The predicted molar refractivity (Wildman–Crippen MR) is 84.3 cm³/mol. The van der Waals surface area contributed by atoms with Crippen molar-refractivity contribution >= 4 is 39.1 Å². The van der Waals surface area contributed by atoms with Crippen LogP contribution in [0.4, 0.5) is 0 Å². The standard InChI is InChI=1S/C13H18Cl2N2O3S/c1-4-17(7-8(2)3)13(18)9-5-10(14)12(15)11(6-9)21(16,19)20/h5-6,8H,4,7H2,1-3H3,(H2,16,19,20). The molecule has 1 amide bonds. The molecule has 0 saturated heterocycles. The summed E-state index contributed by atoms with van der Waals surface area (Å²) >= 11 is 11.7. The smallest absolute Gasteiger partial charge is 0.253 e. The summed E-state index contributed by atoms with van der Waals surface area (Å²) in [4.78, 5) is 13.7. The van der Waals surface area contributed by atoms with Crippen LogP contribution in [0.5, 0.6) is 0 Å². The van der Waals surface area contributed by atoms with E-state index < -0.39 is 10.0 Å². The minimum absolute atomic E-state index is 0.0212. The second-order valence-electron chi connectivity index (χ2n) is 5.05. The zero-order valence-electron chi connectivity index (χ0n) is 12.1. The summed E-state index contributed by atoms with van der Waals surface area (Å²) in [5.74, 6) is -0.0240. The van der Waals surface area contributed by atoms with E-state index in [1.165, 1.54) is 6.07 Å². The summed E-state index contributed by atoms with van der Waals surface area (Å²) in [6.45, 7) is 6.88. The van der Waals surface area contributed by atoms with Crippen molar-refractivity contribution in [1.29, 1.82) is 0 Å². The molecule has 5 nitrogen and oxygen atoms in total. The van der Waals surface area contributed by atoms with Gasteiger partial charge in [0.05, 0.1) is 10.0 Å². The number of benzene rings is 1. The highest BCUT2D eigenvalue weighted by atomic mass is 35.5. The van der Waals surface area contributed by atoms with Gasteiger partial charge < -0.3 is 4.90 Å². The van der Waals surface area contributed by atoms with E-state index in [0.29, 0.717) is 13.1 Å². The van der Waals surface area contributed by atoms with Gasteiger partial charge in [-0.05, 0) is 25.0 Å². The quantitative estimate of drug-likeness (QED) is 0.884. The van der Waals surface area contributed by atoms with Gasteiger partial charge >= 0.3 is 0 Å². The van der Waals surface area contributed by atoms with Crippen molar-refractivity contribution in [2.24, 2.45) is 11.1 Å². The summed E-state index contributed by atoms with van der Waals surface area (Å²) in [7, 11) is -4.05. The van der Waals surface area contributed by atoms with E-state index >= 15 is 0 Å². The number of hydrogen-bond acceptors (Lipinski definition) is 3. The number of amides is 1. The first-order valence-corrected chi connectivity index (χ1v) is 8.69. The fourth-order valence-electron chi connectivity index (χ4n) is 1.87. The molecule has 1 rings (SSSR count). The molecule has 0 saturated carbocycles. The van der Waals surface area contributed by atoms with E-state index in [4.69, 9.17) is 28.3 Å². The Morgan fingerprint density at radius 1 is 1.33 bits per heavy atom. The van der Waals surface area contributed by atoms with Gasteiger partial charge in [-0.25, -0.2) is 13.6 Å². The molecule has 0 aliphatic heterocycles. The fourth-order valence-corrected chi connectivity index (χ4v) is 3.23. The molecule has 2 N–H and O–H groups in total. The lowest BCUT2D eigenvalue weighted by Crippen LogP contribution is -2.34. The Kier molecular flexibility index (Phi) is 6.04. The van der Waals surface area contributed by atoms with Crippen molar-refractivity contribution in [1.82, 2.24) is 4.90 Å². The molecule has 0 radical (unpaired) electrons. The maximum Gasteiger partial charge on any atom is 0.253 e. The van der Waals surface area contributed by atoms with Crippen LogP contribution in [-0.4, -0.2) is 32.3 Å². The molecule has 0 bridgehead atoms. The largest absolute Gasteiger partial charge is 0.339 e. The van der Waals surface area contributed by atoms with Crippen LogP contribution in [0.1, 0.15) is 31.1 Å². The lowest BCUT2D eigenvalue weighted by Gasteiger charge is -2.23. The van der Waals surface area contributed by atoms with Gasteiger partial charge in [-0.3, -0.25) is 4.79 Å². The summed E-state index contributed by atoms with van der Waals surface area (Å²) in [5.41, 5.74) is 0.149. The molecule has 8 heteroatoms. The minimum atomic E-state index is -4.05. The number of nitrogens with zero attached hydrogens (tertiary/aromatic N) is 1. The molecule has 0 aromatic heterocycles. The first kappa shape index (κ1) is 18.2. The average molecular weight is 353 g/mol. The lowest BCUT2D eigenvalue weighted by molar-refractivity contribution is 0.0745. The Labute approximate surface area is 135 Å². The predicted octanol–water partition coefficient (Wildman–Crippen LogP) is 2.76. The summed E-state index contributed by atoms with van der Waals surface area (Å²) in [6.07, 6.45) is 0. The summed E-state index contributed by atoms with van der Waals surface area (Å²) < 4.78 is 23.0. The lowest BCUT2D eigenvalue weighted by atomic mass is 10.1. The highest BCUT2D eigenvalue weighted by Gasteiger charge is 2.22. The normalized spacial score (nSPS) is 11.8. The first-order valence-electron chi connectivity index (χ1n) is 6.39. The molecule has 0 aliphatic rings. The average Bonchev–Trinajstić information content (AvgIpc) is 2.36. The van der Waals surface area contributed by atoms with Gasteiger partial charge in [-0.2, -0.15) is 0 Å². The van der Waals surface area contributed by atoms with E-state index in [1.54, 1.807) is 4.90 Å². The number of nitrogens with two attached hydrogens (primary N) is 1. The van der Waals surface area contributed by atoms with E-state index in [2.05, 4.69) is 0 Å². The Balaban J connectivity index is 3.31. The van der Waals surface area contributed by atoms with Crippen molar-refractivity contribution < 1.29 is 13.2 Å².